The number of carboxylic acids is 1. The van der Waals surface area contributed by atoms with E-state index in [0.717, 1.165) is 22.9 Å². The number of nitrogens with zero attached hydrogens (tertiary/aromatic N) is 1. The first-order valence-electron chi connectivity index (χ1n) is 8.30. The molecule has 1 heterocycles. The number of benzene rings is 2. The SMILES string of the molecule is O=C(O)CC(NC(=O)c1cc(=O)n(-c2ccc(F)cc2F)[nH]1)c1cccc(Cl)c1. The predicted molar refractivity (Wildman–Crippen MR) is 100 cm³/mol. The number of hydrogen-bond acceptors (Lipinski definition) is 3. The van der Waals surface area contributed by atoms with Crippen molar-refractivity contribution in [3.8, 4) is 5.69 Å². The number of carboxylic acid groups (broad SMARTS) is 1. The van der Waals surface area contributed by atoms with E-state index in [1.165, 1.54) is 6.07 Å². The van der Waals surface area contributed by atoms with Crippen LogP contribution in [0.1, 0.15) is 28.5 Å². The van der Waals surface area contributed by atoms with Crippen LogP contribution in [-0.2, 0) is 4.79 Å². The van der Waals surface area contributed by atoms with Gasteiger partial charge in [-0.2, -0.15) is 0 Å². The van der Waals surface area contributed by atoms with E-state index in [4.69, 9.17) is 16.7 Å². The van der Waals surface area contributed by atoms with Gasteiger partial charge in [0.2, 0.25) is 0 Å². The van der Waals surface area contributed by atoms with Gasteiger partial charge in [0.1, 0.15) is 17.2 Å². The van der Waals surface area contributed by atoms with E-state index in [-0.39, 0.29) is 11.4 Å². The third kappa shape index (κ3) is 4.69. The largest absolute Gasteiger partial charge is 0.481 e. The molecule has 0 fully saturated rings. The van der Waals surface area contributed by atoms with Gasteiger partial charge in [-0.25, -0.2) is 13.5 Å². The van der Waals surface area contributed by atoms with Crippen molar-refractivity contribution >= 4 is 23.5 Å². The summed E-state index contributed by atoms with van der Waals surface area (Å²) >= 11 is 5.92. The van der Waals surface area contributed by atoms with Crippen molar-refractivity contribution in [2.24, 2.45) is 0 Å². The minimum Gasteiger partial charge on any atom is -0.481 e. The van der Waals surface area contributed by atoms with Crippen LogP contribution in [0.2, 0.25) is 5.02 Å². The van der Waals surface area contributed by atoms with Gasteiger partial charge in [0.25, 0.3) is 11.5 Å². The highest BCUT2D eigenvalue weighted by Gasteiger charge is 2.21. The number of aromatic amines is 1. The fourth-order valence-corrected chi connectivity index (χ4v) is 2.94. The van der Waals surface area contributed by atoms with E-state index < -0.39 is 41.5 Å². The molecule has 0 bridgehead atoms. The normalized spacial score (nSPS) is 11.8. The van der Waals surface area contributed by atoms with Gasteiger partial charge < -0.3 is 10.4 Å². The van der Waals surface area contributed by atoms with Gasteiger partial charge in [0.15, 0.2) is 5.82 Å². The fraction of sp³-hybridized carbons (Fsp3) is 0.105. The maximum absolute atomic E-state index is 13.9. The topological polar surface area (TPSA) is 104 Å². The highest BCUT2D eigenvalue weighted by Crippen LogP contribution is 2.21. The van der Waals surface area contributed by atoms with Crippen molar-refractivity contribution in [1.82, 2.24) is 15.1 Å². The molecule has 1 unspecified atom stereocenters. The average molecular weight is 422 g/mol. The molecule has 3 aromatic rings. The Balaban J connectivity index is 1.89. The summed E-state index contributed by atoms with van der Waals surface area (Å²) in [6.07, 6.45) is -0.427. The molecule has 3 rings (SSSR count). The van der Waals surface area contributed by atoms with Crippen molar-refractivity contribution < 1.29 is 23.5 Å². The Morgan fingerprint density at radius 3 is 2.59 bits per heavy atom. The monoisotopic (exact) mass is 421 g/mol. The Labute approximate surface area is 167 Å². The molecular formula is C19H14ClF2N3O4. The minimum atomic E-state index is -1.16. The number of halogens is 3. The quantitative estimate of drug-likeness (QED) is 0.569. The van der Waals surface area contributed by atoms with E-state index in [1.807, 2.05) is 0 Å². The second kappa shape index (κ2) is 8.27. The maximum Gasteiger partial charge on any atom is 0.305 e. The number of carbonyl (C=O) groups is 2. The fourth-order valence-electron chi connectivity index (χ4n) is 2.74. The van der Waals surface area contributed by atoms with E-state index in [2.05, 4.69) is 10.4 Å². The lowest BCUT2D eigenvalue weighted by molar-refractivity contribution is -0.137. The lowest BCUT2D eigenvalue weighted by Crippen LogP contribution is -2.30. The summed E-state index contributed by atoms with van der Waals surface area (Å²) in [6.45, 7) is 0. The lowest BCUT2D eigenvalue weighted by Gasteiger charge is -2.17. The number of rotatable bonds is 6. The molecule has 0 aliphatic carbocycles. The van der Waals surface area contributed by atoms with Gasteiger partial charge >= 0.3 is 5.97 Å². The van der Waals surface area contributed by atoms with Crippen molar-refractivity contribution in [3.63, 3.8) is 0 Å². The third-order valence-electron chi connectivity index (χ3n) is 4.05. The smallest absolute Gasteiger partial charge is 0.305 e. The predicted octanol–water partition coefficient (Wildman–Crippen LogP) is 3.04. The Kier molecular flexibility index (Phi) is 5.79. The van der Waals surface area contributed by atoms with Crippen LogP contribution in [0.3, 0.4) is 0 Å². The number of hydrogen-bond donors (Lipinski definition) is 3. The molecule has 3 N–H and O–H groups in total. The second-order valence-electron chi connectivity index (χ2n) is 6.12. The maximum atomic E-state index is 13.9. The van der Waals surface area contributed by atoms with Crippen molar-refractivity contribution in [1.29, 1.82) is 0 Å². The minimum absolute atomic E-state index is 0.226. The average Bonchev–Trinajstić information content (AvgIpc) is 3.02. The first-order chi connectivity index (χ1) is 13.7. The van der Waals surface area contributed by atoms with Crippen LogP contribution in [0.25, 0.3) is 5.69 Å². The van der Waals surface area contributed by atoms with Crippen LogP contribution in [0, 0.1) is 11.6 Å². The van der Waals surface area contributed by atoms with Crippen LogP contribution in [0.15, 0.2) is 53.3 Å². The van der Waals surface area contributed by atoms with Crippen molar-refractivity contribution in [2.75, 3.05) is 0 Å². The number of nitrogens with one attached hydrogen (secondary N) is 2. The zero-order valence-electron chi connectivity index (χ0n) is 14.7. The van der Waals surface area contributed by atoms with Gasteiger partial charge in [-0.15, -0.1) is 0 Å². The number of aliphatic carboxylic acids is 1. The molecule has 10 heteroatoms. The van der Waals surface area contributed by atoms with Crippen LogP contribution < -0.4 is 10.9 Å². The molecule has 150 valence electrons. The summed E-state index contributed by atoms with van der Waals surface area (Å²) in [5, 5.41) is 14.4. The molecule has 0 saturated heterocycles. The Morgan fingerprint density at radius 2 is 1.93 bits per heavy atom. The second-order valence-corrected chi connectivity index (χ2v) is 6.55. The van der Waals surface area contributed by atoms with Gasteiger partial charge in [0, 0.05) is 17.2 Å². The van der Waals surface area contributed by atoms with Gasteiger partial charge in [0.05, 0.1) is 12.5 Å². The lowest BCUT2D eigenvalue weighted by atomic mass is 10.0. The standard InChI is InChI=1S/C19H14ClF2N3O4/c20-11-3-1-2-10(6-11)14(9-18(27)28)23-19(29)15-8-17(26)25(24-15)16-5-4-12(21)7-13(16)22/h1-8,14,24H,9H2,(H,23,29)(H,27,28). The number of amides is 1. The Morgan fingerprint density at radius 1 is 1.17 bits per heavy atom. The zero-order chi connectivity index (χ0) is 21.1. The number of carbonyl (C=O) groups excluding carboxylic acids is 1. The summed E-state index contributed by atoms with van der Waals surface area (Å²) in [5.74, 6) is -3.75. The summed E-state index contributed by atoms with van der Waals surface area (Å²) in [4.78, 5) is 35.9. The number of aromatic nitrogens is 2. The first-order valence-corrected chi connectivity index (χ1v) is 8.68. The third-order valence-corrected chi connectivity index (χ3v) is 4.29. The molecule has 1 amide bonds. The molecule has 0 aliphatic heterocycles. The molecule has 7 nitrogen and oxygen atoms in total. The first kappa shape index (κ1) is 20.3. The summed E-state index contributed by atoms with van der Waals surface area (Å²) in [6, 6.07) is 8.93. The molecule has 0 spiro atoms. The van der Waals surface area contributed by atoms with E-state index in [0.29, 0.717) is 16.7 Å². The molecule has 29 heavy (non-hydrogen) atoms. The Hall–Kier alpha value is -3.46. The highest BCUT2D eigenvalue weighted by molar-refractivity contribution is 6.30. The molecule has 0 saturated carbocycles. The molecule has 0 aliphatic rings. The van der Waals surface area contributed by atoms with Gasteiger partial charge in [-0.05, 0) is 29.8 Å². The molecule has 2 aromatic carbocycles. The molecule has 1 atom stereocenters. The number of H-pyrrole nitrogens is 1. The zero-order valence-corrected chi connectivity index (χ0v) is 15.4. The van der Waals surface area contributed by atoms with Crippen LogP contribution in [-0.4, -0.2) is 26.8 Å². The van der Waals surface area contributed by atoms with Crippen LogP contribution in [0.5, 0.6) is 0 Å². The van der Waals surface area contributed by atoms with Gasteiger partial charge in [-0.1, -0.05) is 23.7 Å². The van der Waals surface area contributed by atoms with Crippen LogP contribution in [0.4, 0.5) is 8.78 Å². The highest BCUT2D eigenvalue weighted by atomic mass is 35.5. The summed E-state index contributed by atoms with van der Waals surface area (Å²) in [5.41, 5.74) is -0.790. The van der Waals surface area contributed by atoms with Crippen molar-refractivity contribution in [2.45, 2.75) is 12.5 Å². The summed E-state index contributed by atoms with van der Waals surface area (Å²) in [7, 11) is 0. The van der Waals surface area contributed by atoms with E-state index >= 15 is 0 Å². The molecular weight excluding hydrogens is 408 g/mol. The van der Waals surface area contributed by atoms with Crippen LogP contribution >= 0.6 is 11.6 Å². The molecule has 1 aromatic heterocycles. The summed E-state index contributed by atoms with van der Waals surface area (Å²) < 4.78 is 27.8. The van der Waals surface area contributed by atoms with Gasteiger partial charge in [-0.3, -0.25) is 19.5 Å². The molecule has 0 radical (unpaired) electrons. The van der Waals surface area contributed by atoms with E-state index in [9.17, 15) is 23.2 Å². The van der Waals surface area contributed by atoms with E-state index in [1.54, 1.807) is 18.2 Å². The van der Waals surface area contributed by atoms with Crippen molar-refractivity contribution in [3.05, 3.63) is 86.8 Å². The Bertz CT molecular complexity index is 1140.